The van der Waals surface area contributed by atoms with Crippen LogP contribution in [0.4, 0.5) is 11.4 Å². The third-order valence-electron chi connectivity index (χ3n) is 4.16. The molecule has 30 heavy (non-hydrogen) atoms. The highest BCUT2D eigenvalue weighted by atomic mass is 35.5. The predicted molar refractivity (Wildman–Crippen MR) is 122 cm³/mol. The number of methoxy groups -OCH3 is 2. The molecular weight excluding hydrogens is 427 g/mol. The molecule has 0 heterocycles. The van der Waals surface area contributed by atoms with Gasteiger partial charge < -0.3 is 20.1 Å². The van der Waals surface area contributed by atoms with Crippen molar-refractivity contribution in [1.29, 1.82) is 0 Å². The fraction of sp³-hybridized carbons (Fsp3) is 0.273. The van der Waals surface area contributed by atoms with Gasteiger partial charge in [0.2, 0.25) is 11.8 Å². The van der Waals surface area contributed by atoms with Crippen molar-refractivity contribution in [3.8, 4) is 11.5 Å². The first kappa shape index (κ1) is 23.6. The number of amides is 2. The van der Waals surface area contributed by atoms with E-state index in [4.69, 9.17) is 32.7 Å². The van der Waals surface area contributed by atoms with Crippen molar-refractivity contribution >= 4 is 52.5 Å². The zero-order valence-corrected chi connectivity index (χ0v) is 18.6. The van der Waals surface area contributed by atoms with Crippen LogP contribution in [0.3, 0.4) is 0 Å². The summed E-state index contributed by atoms with van der Waals surface area (Å²) in [7, 11) is 2.99. The van der Waals surface area contributed by atoms with Crippen LogP contribution in [0, 0.1) is 0 Å². The Balaban J connectivity index is 2.10. The summed E-state index contributed by atoms with van der Waals surface area (Å²) >= 11 is 12.1. The quantitative estimate of drug-likeness (QED) is 0.473. The van der Waals surface area contributed by atoms with Gasteiger partial charge in [-0.25, -0.2) is 0 Å². The molecule has 0 aliphatic carbocycles. The minimum absolute atomic E-state index is 0.0796. The van der Waals surface area contributed by atoms with E-state index < -0.39 is 0 Å². The van der Waals surface area contributed by atoms with E-state index in [2.05, 4.69) is 10.6 Å². The minimum Gasteiger partial charge on any atom is -0.495 e. The largest absolute Gasteiger partial charge is 0.495 e. The first-order valence-electron chi connectivity index (χ1n) is 9.38. The Bertz CT molecular complexity index is 945. The average molecular weight is 451 g/mol. The lowest BCUT2D eigenvalue weighted by atomic mass is 10.2. The molecule has 0 aromatic heterocycles. The van der Waals surface area contributed by atoms with E-state index in [1.54, 1.807) is 36.4 Å². The molecule has 0 unspecified atom stereocenters. The number of nitrogens with one attached hydrogen (secondary N) is 2. The number of benzene rings is 2. The molecule has 2 aromatic carbocycles. The molecule has 160 valence electrons. The van der Waals surface area contributed by atoms with Gasteiger partial charge in [-0.05, 0) is 36.8 Å². The van der Waals surface area contributed by atoms with Gasteiger partial charge in [0.05, 0.1) is 24.9 Å². The van der Waals surface area contributed by atoms with Crippen molar-refractivity contribution in [2.24, 2.45) is 0 Å². The second-order valence-electron chi connectivity index (χ2n) is 6.40. The van der Waals surface area contributed by atoms with E-state index in [0.717, 1.165) is 12.8 Å². The Labute approximate surface area is 186 Å². The molecular formula is C22H24Cl2N2O4. The molecule has 2 N–H and O–H groups in total. The number of anilines is 2. The summed E-state index contributed by atoms with van der Waals surface area (Å²) in [5.74, 6) is 0.429. The Kier molecular flexibility index (Phi) is 9.02. The summed E-state index contributed by atoms with van der Waals surface area (Å²) in [6.45, 7) is 2.02. The summed E-state index contributed by atoms with van der Waals surface area (Å²) in [5, 5.41) is 6.35. The molecule has 0 fully saturated rings. The Morgan fingerprint density at radius 2 is 1.83 bits per heavy atom. The minimum atomic E-state index is -0.366. The standard InChI is InChI=1S/C22H24Cl2N2O4/c1-4-5-6-20(27)26-18-9-8-16(13-19(18)29-2)25-21(28)10-7-14-11-15(23)12-17(24)22(14)30-3/h7-13H,4-6H2,1-3H3,(H,25,28)(H,26,27). The summed E-state index contributed by atoms with van der Waals surface area (Å²) in [5.41, 5.74) is 1.64. The number of hydrogen-bond acceptors (Lipinski definition) is 4. The smallest absolute Gasteiger partial charge is 0.248 e. The summed E-state index contributed by atoms with van der Waals surface area (Å²) < 4.78 is 10.6. The zero-order valence-electron chi connectivity index (χ0n) is 17.1. The van der Waals surface area contributed by atoms with Gasteiger partial charge in [0, 0.05) is 34.8 Å². The van der Waals surface area contributed by atoms with Crippen LogP contribution in [0.1, 0.15) is 31.7 Å². The van der Waals surface area contributed by atoms with Gasteiger partial charge in [-0.3, -0.25) is 9.59 Å². The van der Waals surface area contributed by atoms with Crippen LogP contribution < -0.4 is 20.1 Å². The maximum atomic E-state index is 12.3. The second kappa shape index (κ2) is 11.5. The van der Waals surface area contributed by atoms with Gasteiger partial charge in [-0.1, -0.05) is 36.5 Å². The lowest BCUT2D eigenvalue weighted by Crippen LogP contribution is -2.12. The van der Waals surface area contributed by atoms with Crippen molar-refractivity contribution < 1.29 is 19.1 Å². The molecule has 0 bridgehead atoms. The topological polar surface area (TPSA) is 76.7 Å². The number of unbranched alkanes of at least 4 members (excludes halogenated alkanes) is 1. The number of halogens is 2. The van der Waals surface area contributed by atoms with E-state index >= 15 is 0 Å². The SMILES string of the molecule is CCCCC(=O)Nc1ccc(NC(=O)C=Cc2cc(Cl)cc(Cl)c2OC)cc1OC. The van der Waals surface area contributed by atoms with Gasteiger partial charge in [0.25, 0.3) is 0 Å². The van der Waals surface area contributed by atoms with Crippen LogP contribution in [0.25, 0.3) is 6.08 Å². The van der Waals surface area contributed by atoms with Crippen LogP contribution in [0.5, 0.6) is 11.5 Å². The second-order valence-corrected chi connectivity index (χ2v) is 7.24. The molecule has 0 aliphatic rings. The van der Waals surface area contributed by atoms with E-state index in [1.165, 1.54) is 20.3 Å². The number of ether oxygens (including phenoxy) is 2. The van der Waals surface area contributed by atoms with Gasteiger partial charge in [-0.15, -0.1) is 0 Å². The number of hydrogen-bond donors (Lipinski definition) is 2. The summed E-state index contributed by atoms with van der Waals surface area (Å²) in [6.07, 6.45) is 5.11. The molecule has 0 saturated carbocycles. The molecule has 0 atom stereocenters. The normalized spacial score (nSPS) is 10.7. The van der Waals surface area contributed by atoms with Gasteiger partial charge >= 0.3 is 0 Å². The van der Waals surface area contributed by atoms with Crippen LogP contribution in [-0.4, -0.2) is 26.0 Å². The van der Waals surface area contributed by atoms with E-state index in [0.29, 0.717) is 44.9 Å². The molecule has 0 radical (unpaired) electrons. The fourth-order valence-corrected chi connectivity index (χ4v) is 3.28. The van der Waals surface area contributed by atoms with Crippen LogP contribution in [0.2, 0.25) is 10.0 Å². The number of carbonyl (C=O) groups is 2. The highest BCUT2D eigenvalue weighted by molar-refractivity contribution is 6.36. The maximum absolute atomic E-state index is 12.3. The molecule has 6 nitrogen and oxygen atoms in total. The monoisotopic (exact) mass is 450 g/mol. The molecule has 2 amide bonds. The van der Waals surface area contributed by atoms with Crippen molar-refractivity contribution in [1.82, 2.24) is 0 Å². The lowest BCUT2D eigenvalue weighted by Gasteiger charge is -2.12. The number of carbonyl (C=O) groups excluding carboxylic acids is 2. The van der Waals surface area contributed by atoms with Crippen molar-refractivity contribution in [3.05, 3.63) is 52.0 Å². The summed E-state index contributed by atoms with van der Waals surface area (Å²) in [4.78, 5) is 24.3. The average Bonchev–Trinajstić information content (AvgIpc) is 2.71. The van der Waals surface area contributed by atoms with Crippen molar-refractivity contribution in [2.45, 2.75) is 26.2 Å². The Morgan fingerprint density at radius 1 is 1.07 bits per heavy atom. The van der Waals surface area contributed by atoms with Crippen LogP contribution in [-0.2, 0) is 9.59 Å². The molecule has 8 heteroatoms. The van der Waals surface area contributed by atoms with Crippen LogP contribution in [0.15, 0.2) is 36.4 Å². The molecule has 2 aromatic rings. The van der Waals surface area contributed by atoms with Crippen LogP contribution >= 0.6 is 23.2 Å². The Hall–Kier alpha value is -2.70. The van der Waals surface area contributed by atoms with E-state index in [9.17, 15) is 9.59 Å². The van der Waals surface area contributed by atoms with Crippen molar-refractivity contribution in [3.63, 3.8) is 0 Å². The third-order valence-corrected chi connectivity index (χ3v) is 4.66. The number of rotatable bonds is 9. The van der Waals surface area contributed by atoms with Crippen molar-refractivity contribution in [2.75, 3.05) is 24.9 Å². The van der Waals surface area contributed by atoms with Gasteiger partial charge in [-0.2, -0.15) is 0 Å². The first-order valence-corrected chi connectivity index (χ1v) is 10.1. The highest BCUT2D eigenvalue weighted by Crippen LogP contribution is 2.33. The molecule has 0 saturated heterocycles. The first-order chi connectivity index (χ1) is 14.4. The fourth-order valence-electron chi connectivity index (χ4n) is 2.69. The highest BCUT2D eigenvalue weighted by Gasteiger charge is 2.10. The summed E-state index contributed by atoms with van der Waals surface area (Å²) in [6, 6.07) is 8.21. The molecule has 0 aliphatic heterocycles. The lowest BCUT2D eigenvalue weighted by molar-refractivity contribution is -0.116. The van der Waals surface area contributed by atoms with Gasteiger partial charge in [0.1, 0.15) is 11.5 Å². The molecule has 0 spiro atoms. The van der Waals surface area contributed by atoms with E-state index in [-0.39, 0.29) is 11.8 Å². The van der Waals surface area contributed by atoms with Gasteiger partial charge in [0.15, 0.2) is 0 Å². The zero-order chi connectivity index (χ0) is 22.1. The maximum Gasteiger partial charge on any atom is 0.248 e. The van der Waals surface area contributed by atoms with E-state index in [1.807, 2.05) is 6.92 Å². The predicted octanol–water partition coefficient (Wildman–Crippen LogP) is 5.79. The Morgan fingerprint density at radius 3 is 2.50 bits per heavy atom. The molecule has 2 rings (SSSR count). The third kappa shape index (κ3) is 6.68.